The van der Waals surface area contributed by atoms with E-state index in [-0.39, 0.29) is 77.5 Å². The Kier molecular flexibility index (Phi) is 23.4. The Bertz CT molecular complexity index is 1300. The lowest BCUT2D eigenvalue weighted by Crippen LogP contribution is -2.66. The van der Waals surface area contributed by atoms with Crippen LogP contribution in [0.15, 0.2) is 0 Å². The fraction of sp³-hybridized carbons (Fsp3) is 0.933. The molecule has 6 N–H and O–H groups in total. The minimum Gasteiger partial charge on any atom is -0.376 e. The zero-order valence-corrected chi connectivity index (χ0v) is 40.3. The van der Waals surface area contributed by atoms with E-state index in [1.54, 1.807) is 6.92 Å². The molecule has 0 radical (unpaired) electrons. The Morgan fingerprint density at radius 1 is 0.867 bits per heavy atom. The third-order valence-electron chi connectivity index (χ3n) is 13.4. The molecule has 5 aliphatic rings. The third-order valence-corrected chi connectivity index (χ3v) is 14.9. The van der Waals surface area contributed by atoms with Crippen LogP contribution in [0, 0.1) is 29.1 Å². The van der Waals surface area contributed by atoms with Gasteiger partial charge in [-0.25, -0.2) is 0 Å². The lowest BCUT2D eigenvalue weighted by atomic mass is 9.69. The van der Waals surface area contributed by atoms with Crippen LogP contribution in [0.25, 0.3) is 0 Å². The first kappa shape index (κ1) is 51.5. The lowest BCUT2D eigenvalue weighted by molar-refractivity contribution is -0.124. The molecule has 0 spiro atoms. The topological polar surface area (TPSA) is 161 Å². The first-order valence-corrected chi connectivity index (χ1v) is 24.9. The van der Waals surface area contributed by atoms with Crippen molar-refractivity contribution in [2.24, 2.45) is 17.8 Å². The van der Waals surface area contributed by atoms with E-state index in [1.807, 2.05) is 27.9 Å². The predicted octanol–water partition coefficient (Wildman–Crippen LogP) is 4.84. The average molecular weight is 931 g/mol. The molecule has 0 aromatic carbocycles. The quantitative estimate of drug-likeness (QED) is 0.125. The van der Waals surface area contributed by atoms with Crippen molar-refractivity contribution in [1.29, 1.82) is 5.26 Å². The third kappa shape index (κ3) is 17.1. The van der Waals surface area contributed by atoms with Gasteiger partial charge in [-0.3, -0.25) is 9.59 Å². The van der Waals surface area contributed by atoms with Crippen molar-refractivity contribution in [3.8, 4) is 6.07 Å². The predicted molar refractivity (Wildman–Crippen MR) is 245 cm³/mol. The molecule has 5 fully saturated rings. The molecule has 3 saturated heterocycles. The van der Waals surface area contributed by atoms with Crippen molar-refractivity contribution < 1.29 is 23.8 Å². The number of amides is 2. The highest BCUT2D eigenvalue weighted by atomic mass is 79.9. The molecule has 3 heterocycles. The molecule has 15 unspecified atom stereocenters. The van der Waals surface area contributed by atoms with Gasteiger partial charge in [-0.05, 0) is 143 Å². The second-order valence-electron chi connectivity index (χ2n) is 18.6. The molecule has 13 nitrogen and oxygen atoms in total. The van der Waals surface area contributed by atoms with Crippen LogP contribution in [-0.4, -0.2) is 148 Å². The van der Waals surface area contributed by atoms with E-state index < -0.39 is 0 Å². The van der Waals surface area contributed by atoms with Gasteiger partial charge < -0.3 is 51.0 Å². The van der Waals surface area contributed by atoms with Gasteiger partial charge in [-0.2, -0.15) is 5.26 Å². The van der Waals surface area contributed by atoms with Crippen LogP contribution in [0.5, 0.6) is 0 Å². The van der Waals surface area contributed by atoms with Crippen LogP contribution < -0.4 is 31.9 Å². The SMILES string of the molecule is CCOC1CC2NCC(C#N)C(NC3CCC(OCC4NCCCC4Br)C(Cl)C3)C2CC1NC(=O)CCCN(C)C.CCOC1CCNC(C)CC(C)CCC1NC(C)=O. The van der Waals surface area contributed by atoms with Crippen molar-refractivity contribution in [1.82, 2.24) is 36.8 Å². The number of carbonyl (C=O) groups is 2. The number of nitrogens with zero attached hydrogens (tertiary/aromatic N) is 2. The van der Waals surface area contributed by atoms with Crippen LogP contribution in [-0.2, 0) is 23.8 Å². The zero-order valence-electron chi connectivity index (χ0n) is 38.0. The Morgan fingerprint density at radius 2 is 1.63 bits per heavy atom. The number of halogens is 2. The van der Waals surface area contributed by atoms with E-state index >= 15 is 0 Å². The summed E-state index contributed by atoms with van der Waals surface area (Å²) in [6.45, 7) is 15.7. The fourth-order valence-electron chi connectivity index (χ4n) is 10.3. The van der Waals surface area contributed by atoms with Gasteiger partial charge in [0.1, 0.15) is 0 Å². The first-order valence-electron chi connectivity index (χ1n) is 23.5. The highest BCUT2D eigenvalue weighted by Crippen LogP contribution is 2.37. The lowest BCUT2D eigenvalue weighted by Gasteiger charge is -2.50. The van der Waals surface area contributed by atoms with Crippen LogP contribution in [0.2, 0.25) is 0 Å². The summed E-state index contributed by atoms with van der Waals surface area (Å²) >= 11 is 10.7. The largest absolute Gasteiger partial charge is 0.376 e. The fourth-order valence-corrected chi connectivity index (χ4v) is 11.3. The summed E-state index contributed by atoms with van der Waals surface area (Å²) in [6, 6.07) is 4.11. The maximum absolute atomic E-state index is 12.9. The molecule has 2 amide bonds. The summed E-state index contributed by atoms with van der Waals surface area (Å²) in [4.78, 5) is 26.8. The number of piperidine rings is 2. The summed E-state index contributed by atoms with van der Waals surface area (Å²) < 4.78 is 18.3. The Balaban J connectivity index is 0.000000350. The normalized spacial score (nSPS) is 37.7. The van der Waals surface area contributed by atoms with Crippen LogP contribution in [0.4, 0.5) is 0 Å². The molecule has 15 heteroatoms. The van der Waals surface area contributed by atoms with Crippen molar-refractivity contribution in [3.63, 3.8) is 0 Å². The maximum atomic E-state index is 12.9. The number of rotatable bonds is 15. The molecule has 2 aliphatic carbocycles. The molecule has 0 aromatic heterocycles. The molecule has 2 saturated carbocycles. The summed E-state index contributed by atoms with van der Waals surface area (Å²) in [6.07, 6.45) is 12.5. The number of hydrogen-bond donors (Lipinski definition) is 6. The van der Waals surface area contributed by atoms with Crippen LogP contribution >= 0.6 is 27.5 Å². The van der Waals surface area contributed by atoms with Crippen LogP contribution in [0.3, 0.4) is 0 Å². The first-order chi connectivity index (χ1) is 28.8. The van der Waals surface area contributed by atoms with Gasteiger partial charge in [0.15, 0.2) is 0 Å². The van der Waals surface area contributed by atoms with Crippen molar-refractivity contribution >= 4 is 39.3 Å². The van der Waals surface area contributed by atoms with E-state index in [2.05, 4.69) is 72.6 Å². The molecule has 0 aromatic rings. The molecule has 0 bridgehead atoms. The van der Waals surface area contributed by atoms with Crippen molar-refractivity contribution in [2.45, 2.75) is 189 Å². The second-order valence-corrected chi connectivity index (χ2v) is 20.4. The number of nitriles is 1. The highest BCUT2D eigenvalue weighted by Gasteiger charge is 2.47. The van der Waals surface area contributed by atoms with Gasteiger partial charge in [-0.15, -0.1) is 11.6 Å². The monoisotopic (exact) mass is 929 g/mol. The van der Waals surface area contributed by atoms with E-state index in [0.717, 1.165) is 77.4 Å². The van der Waals surface area contributed by atoms with Gasteiger partial charge in [-0.1, -0.05) is 22.9 Å². The van der Waals surface area contributed by atoms with Crippen molar-refractivity contribution in [2.75, 3.05) is 60.1 Å². The number of carbonyl (C=O) groups excluding carboxylic acids is 2. The minimum atomic E-state index is -0.132. The highest BCUT2D eigenvalue weighted by molar-refractivity contribution is 9.09. The Labute approximate surface area is 376 Å². The molecule has 346 valence electrons. The van der Waals surface area contributed by atoms with Gasteiger partial charge in [0.25, 0.3) is 0 Å². The number of ether oxygens (including phenoxy) is 3. The Hall–Kier alpha value is -1.12. The average Bonchev–Trinajstić information content (AvgIpc) is 3.19. The van der Waals surface area contributed by atoms with Crippen LogP contribution in [0.1, 0.15) is 118 Å². The standard InChI is InChI=1S/C30H52BrClN6O3.C15H30N2O2/c1-4-40-28-15-24-21(14-25(28)37-29(39)8-6-12-38(2)3)30(19(16-33)17-35-24)36-20-9-10-27(23(32)13-20)41-18-26-22(31)7-5-11-34-26;1-5-19-15-8-9-16-12(3)10-11(2)6-7-14(15)17-13(4)18/h19-28,30,34-36H,4-15,17-18H2,1-3H3,(H,37,39);11-12,14-16H,5-10H2,1-4H3,(H,17,18). The summed E-state index contributed by atoms with van der Waals surface area (Å²) in [7, 11) is 4.05. The number of nitrogens with one attached hydrogen (secondary N) is 6. The summed E-state index contributed by atoms with van der Waals surface area (Å²) in [5, 5.41) is 31.1. The Morgan fingerprint density at radius 3 is 2.32 bits per heavy atom. The van der Waals surface area contributed by atoms with E-state index in [4.69, 9.17) is 25.8 Å². The molecule has 5 rings (SSSR count). The van der Waals surface area contributed by atoms with E-state index in [9.17, 15) is 14.9 Å². The van der Waals surface area contributed by atoms with Gasteiger partial charge in [0, 0.05) is 68.1 Å². The van der Waals surface area contributed by atoms with Crippen molar-refractivity contribution in [3.05, 3.63) is 0 Å². The zero-order chi connectivity index (χ0) is 43.6. The minimum absolute atomic E-state index is 0.0246. The molecular weight excluding hydrogens is 848 g/mol. The number of alkyl halides is 2. The molecular formula is C45H82BrClN8O5. The number of fused-ring (bicyclic) bond motifs is 1. The number of hydrogen-bond acceptors (Lipinski definition) is 11. The molecule has 60 heavy (non-hydrogen) atoms. The molecule has 15 atom stereocenters. The summed E-state index contributed by atoms with van der Waals surface area (Å²) in [5.74, 6) is 0.906. The smallest absolute Gasteiger partial charge is 0.220 e. The van der Waals surface area contributed by atoms with Gasteiger partial charge in [0.2, 0.25) is 11.8 Å². The summed E-state index contributed by atoms with van der Waals surface area (Å²) in [5.41, 5.74) is 0. The second kappa shape index (κ2) is 27.3. The van der Waals surface area contributed by atoms with Gasteiger partial charge >= 0.3 is 0 Å². The van der Waals surface area contributed by atoms with E-state index in [0.29, 0.717) is 55.6 Å². The van der Waals surface area contributed by atoms with E-state index in [1.165, 1.54) is 19.3 Å². The maximum Gasteiger partial charge on any atom is 0.220 e. The molecule has 3 aliphatic heterocycles. The van der Waals surface area contributed by atoms with Gasteiger partial charge in [0.05, 0.1) is 54.4 Å².